The van der Waals surface area contributed by atoms with Crippen LogP contribution in [0.1, 0.15) is 34.5 Å². The molecule has 0 aliphatic heterocycles. The highest BCUT2D eigenvalue weighted by molar-refractivity contribution is 5.29. The second-order valence-corrected chi connectivity index (χ2v) is 5.99. The average Bonchev–Trinajstić information content (AvgIpc) is 2.75. The Kier molecular flexibility index (Phi) is 6.22. The van der Waals surface area contributed by atoms with Crippen molar-refractivity contribution in [3.63, 3.8) is 0 Å². The van der Waals surface area contributed by atoms with Crippen molar-refractivity contribution < 1.29 is 4.74 Å². The first-order valence-electron chi connectivity index (χ1n) is 8.02. The highest BCUT2D eigenvalue weighted by atomic mass is 16.5. The topological polar surface area (TPSA) is 26.2 Å². The first kappa shape index (κ1) is 16.8. The Morgan fingerprint density at radius 2 is 1.95 bits per heavy atom. The van der Waals surface area contributed by atoms with Crippen LogP contribution in [0.25, 0.3) is 0 Å². The Morgan fingerprint density at radius 3 is 2.68 bits per heavy atom. The minimum atomic E-state index is 0.819. The van der Waals surface area contributed by atoms with Crippen LogP contribution in [-0.2, 0) is 17.8 Å². The molecule has 0 saturated heterocycles. The Labute approximate surface area is 134 Å². The largest absolute Gasteiger partial charge is 0.385 e. The molecule has 0 radical (unpaired) electrons. The zero-order valence-corrected chi connectivity index (χ0v) is 14.3. The fraction of sp³-hybridized carbons (Fsp3) is 0.474. The van der Waals surface area contributed by atoms with E-state index >= 15 is 0 Å². The molecule has 0 atom stereocenters. The van der Waals surface area contributed by atoms with Gasteiger partial charge in [0, 0.05) is 38.2 Å². The smallest absolute Gasteiger partial charge is 0.0475 e. The Morgan fingerprint density at radius 1 is 1.14 bits per heavy atom. The van der Waals surface area contributed by atoms with Crippen molar-refractivity contribution in [3.05, 3.63) is 58.4 Å². The number of nitrogens with zero attached hydrogens (tertiary/aromatic N) is 1. The molecule has 1 aromatic heterocycles. The quantitative estimate of drug-likeness (QED) is 0.754. The molecule has 0 saturated carbocycles. The summed E-state index contributed by atoms with van der Waals surface area (Å²) in [4.78, 5) is 0. The third-order valence-electron chi connectivity index (χ3n) is 4.12. The van der Waals surface area contributed by atoms with E-state index in [-0.39, 0.29) is 0 Å². The molecule has 0 fully saturated rings. The van der Waals surface area contributed by atoms with Crippen LogP contribution in [0.5, 0.6) is 0 Å². The van der Waals surface area contributed by atoms with E-state index in [1.165, 1.54) is 28.1 Å². The van der Waals surface area contributed by atoms with Gasteiger partial charge in [-0.2, -0.15) is 0 Å². The second-order valence-electron chi connectivity index (χ2n) is 5.99. The minimum absolute atomic E-state index is 0.819. The highest BCUT2D eigenvalue weighted by Crippen LogP contribution is 2.17. The molecule has 0 bridgehead atoms. The molecule has 3 heteroatoms. The van der Waals surface area contributed by atoms with Gasteiger partial charge in [-0.1, -0.05) is 29.8 Å². The molecule has 2 aromatic rings. The molecule has 120 valence electrons. The maximum atomic E-state index is 5.07. The first-order valence-corrected chi connectivity index (χ1v) is 8.02. The van der Waals surface area contributed by atoms with E-state index in [0.29, 0.717) is 0 Å². The van der Waals surface area contributed by atoms with E-state index in [1.54, 1.807) is 7.11 Å². The van der Waals surface area contributed by atoms with Gasteiger partial charge in [0.2, 0.25) is 0 Å². The van der Waals surface area contributed by atoms with Gasteiger partial charge in [0.25, 0.3) is 0 Å². The van der Waals surface area contributed by atoms with Crippen molar-refractivity contribution >= 4 is 0 Å². The van der Waals surface area contributed by atoms with Gasteiger partial charge < -0.3 is 14.6 Å². The summed E-state index contributed by atoms with van der Waals surface area (Å²) in [5.74, 6) is 0. The van der Waals surface area contributed by atoms with Crippen molar-refractivity contribution in [2.75, 3.05) is 20.3 Å². The van der Waals surface area contributed by atoms with Crippen molar-refractivity contribution in [2.45, 2.75) is 40.3 Å². The number of hydrogen-bond acceptors (Lipinski definition) is 2. The fourth-order valence-electron chi connectivity index (χ4n) is 2.85. The van der Waals surface area contributed by atoms with E-state index in [9.17, 15) is 0 Å². The molecular weight excluding hydrogens is 272 g/mol. The number of benzene rings is 1. The molecule has 2 rings (SSSR count). The van der Waals surface area contributed by atoms with Crippen LogP contribution in [0.4, 0.5) is 0 Å². The zero-order valence-electron chi connectivity index (χ0n) is 14.3. The monoisotopic (exact) mass is 300 g/mol. The number of hydrogen-bond donors (Lipinski definition) is 1. The van der Waals surface area contributed by atoms with Gasteiger partial charge in [-0.3, -0.25) is 0 Å². The van der Waals surface area contributed by atoms with Crippen LogP contribution in [0.15, 0.2) is 30.3 Å². The van der Waals surface area contributed by atoms with Gasteiger partial charge in [-0.05, 0) is 50.9 Å². The van der Waals surface area contributed by atoms with Gasteiger partial charge in [-0.25, -0.2) is 0 Å². The Hall–Kier alpha value is -1.58. The summed E-state index contributed by atoms with van der Waals surface area (Å²) in [6.45, 7) is 10.2. The molecule has 0 aliphatic rings. The van der Waals surface area contributed by atoms with Crippen LogP contribution in [0, 0.1) is 20.8 Å². The van der Waals surface area contributed by atoms with Gasteiger partial charge in [0.15, 0.2) is 0 Å². The normalized spacial score (nSPS) is 11.1. The van der Waals surface area contributed by atoms with Gasteiger partial charge >= 0.3 is 0 Å². The van der Waals surface area contributed by atoms with Gasteiger partial charge in [0.1, 0.15) is 0 Å². The molecule has 0 aliphatic carbocycles. The molecule has 3 nitrogen and oxygen atoms in total. The number of rotatable bonds is 8. The number of nitrogens with one attached hydrogen (secondary N) is 1. The van der Waals surface area contributed by atoms with Crippen LogP contribution in [0.3, 0.4) is 0 Å². The van der Waals surface area contributed by atoms with Crippen LogP contribution in [-0.4, -0.2) is 24.8 Å². The summed E-state index contributed by atoms with van der Waals surface area (Å²) in [5, 5.41) is 3.50. The predicted molar refractivity (Wildman–Crippen MR) is 92.4 cm³/mol. The summed E-state index contributed by atoms with van der Waals surface area (Å²) in [6.07, 6.45) is 1.05. The van der Waals surface area contributed by atoms with Crippen molar-refractivity contribution in [2.24, 2.45) is 0 Å². The number of aromatic nitrogens is 1. The number of aryl methyl sites for hydroxylation is 2. The lowest BCUT2D eigenvalue weighted by molar-refractivity contribution is 0.194. The maximum absolute atomic E-state index is 5.07. The molecule has 1 N–H and O–H groups in total. The number of methoxy groups -OCH3 is 1. The van der Waals surface area contributed by atoms with E-state index in [2.05, 4.69) is 61.0 Å². The van der Waals surface area contributed by atoms with Crippen molar-refractivity contribution in [1.82, 2.24) is 9.88 Å². The number of ether oxygens (including phenoxy) is 1. The van der Waals surface area contributed by atoms with Crippen LogP contribution >= 0.6 is 0 Å². The van der Waals surface area contributed by atoms with E-state index < -0.39 is 0 Å². The SMILES string of the molecule is COCCCNCc1cc(C)n(Cc2cccc(C)c2)c1C. The predicted octanol–water partition coefficient (Wildman–Crippen LogP) is 3.59. The maximum Gasteiger partial charge on any atom is 0.0475 e. The molecule has 1 aromatic carbocycles. The van der Waals surface area contributed by atoms with E-state index in [4.69, 9.17) is 4.74 Å². The van der Waals surface area contributed by atoms with Crippen molar-refractivity contribution in [3.8, 4) is 0 Å². The van der Waals surface area contributed by atoms with Gasteiger partial charge in [-0.15, -0.1) is 0 Å². The summed E-state index contributed by atoms with van der Waals surface area (Å²) < 4.78 is 7.48. The molecule has 0 amide bonds. The molecule has 0 unspecified atom stereocenters. The lowest BCUT2D eigenvalue weighted by Crippen LogP contribution is -2.16. The average molecular weight is 300 g/mol. The summed E-state index contributed by atoms with van der Waals surface area (Å²) >= 11 is 0. The molecule has 22 heavy (non-hydrogen) atoms. The van der Waals surface area contributed by atoms with E-state index in [1.807, 2.05) is 0 Å². The Balaban J connectivity index is 2.00. The zero-order chi connectivity index (χ0) is 15.9. The standard InChI is InChI=1S/C19H28N2O/c1-15-7-5-8-18(11-15)14-21-16(2)12-19(17(21)3)13-20-9-6-10-22-4/h5,7-8,11-12,20H,6,9-10,13-14H2,1-4H3. The summed E-state index contributed by atoms with van der Waals surface area (Å²) in [7, 11) is 1.75. The van der Waals surface area contributed by atoms with E-state index in [0.717, 1.165) is 32.7 Å². The third-order valence-corrected chi connectivity index (χ3v) is 4.12. The first-order chi connectivity index (χ1) is 10.6. The fourth-order valence-corrected chi connectivity index (χ4v) is 2.85. The minimum Gasteiger partial charge on any atom is -0.385 e. The Bertz CT molecular complexity index is 601. The van der Waals surface area contributed by atoms with Crippen LogP contribution < -0.4 is 5.32 Å². The molecule has 1 heterocycles. The van der Waals surface area contributed by atoms with Crippen LogP contribution in [0.2, 0.25) is 0 Å². The summed E-state index contributed by atoms with van der Waals surface area (Å²) in [5.41, 5.74) is 6.76. The lowest BCUT2D eigenvalue weighted by atomic mass is 10.1. The van der Waals surface area contributed by atoms with Crippen molar-refractivity contribution in [1.29, 1.82) is 0 Å². The molecular formula is C19H28N2O. The lowest BCUT2D eigenvalue weighted by Gasteiger charge is -2.11. The molecule has 0 spiro atoms. The van der Waals surface area contributed by atoms with Gasteiger partial charge in [0.05, 0.1) is 0 Å². The highest BCUT2D eigenvalue weighted by Gasteiger charge is 2.09. The second kappa shape index (κ2) is 8.16. The summed E-state index contributed by atoms with van der Waals surface area (Å²) in [6, 6.07) is 11.1. The third kappa shape index (κ3) is 4.46.